The minimum atomic E-state index is -4.50. The molecular formula is C32H54N5O7PS. The molecule has 1 saturated heterocycles. The van der Waals surface area contributed by atoms with E-state index in [-0.39, 0.29) is 18.1 Å². The van der Waals surface area contributed by atoms with Crippen molar-refractivity contribution in [1.29, 1.82) is 5.26 Å². The molecular weight excluding hydrogens is 629 g/mol. The molecule has 1 fully saturated rings. The van der Waals surface area contributed by atoms with Crippen LogP contribution in [0.4, 0.5) is 5.82 Å². The Labute approximate surface area is 278 Å². The van der Waals surface area contributed by atoms with Gasteiger partial charge in [0.1, 0.15) is 36.2 Å². The van der Waals surface area contributed by atoms with Crippen LogP contribution in [0.15, 0.2) is 18.5 Å². The van der Waals surface area contributed by atoms with Crippen LogP contribution < -0.4 is 5.73 Å². The molecule has 0 amide bonds. The molecule has 260 valence electrons. The number of hydrogen-bond acceptors (Lipinski definition) is 11. The first-order valence-electron chi connectivity index (χ1n) is 16.9. The number of aliphatic hydroxyl groups excluding tert-OH is 2. The van der Waals surface area contributed by atoms with E-state index in [9.17, 15) is 24.9 Å². The summed E-state index contributed by atoms with van der Waals surface area (Å²) in [6.07, 6.45) is 14.7. The van der Waals surface area contributed by atoms with Crippen molar-refractivity contribution >= 4 is 30.9 Å². The summed E-state index contributed by atoms with van der Waals surface area (Å²) < 4.78 is 30.2. The summed E-state index contributed by atoms with van der Waals surface area (Å²) in [7, 11) is -4.50. The number of nitriles is 1. The Balaban J connectivity index is 1.27. The number of fused-ring (bicyclic) bond motifs is 1. The van der Waals surface area contributed by atoms with Gasteiger partial charge in [-0.15, -0.1) is 0 Å². The molecule has 3 rings (SSSR count). The normalized spacial score (nSPS) is 23.4. The van der Waals surface area contributed by atoms with Gasteiger partial charge in [0.2, 0.25) is 5.60 Å². The van der Waals surface area contributed by atoms with Crippen LogP contribution >= 0.6 is 19.6 Å². The van der Waals surface area contributed by atoms with Crippen LogP contribution in [0.5, 0.6) is 0 Å². The molecule has 0 radical (unpaired) electrons. The summed E-state index contributed by atoms with van der Waals surface area (Å²) >= 11 is 1.80. The van der Waals surface area contributed by atoms with E-state index >= 15 is 0 Å². The number of phosphoric ester groups is 1. The summed E-state index contributed by atoms with van der Waals surface area (Å²) in [5.74, 6) is 2.01. The maximum atomic E-state index is 12.6. The average Bonchev–Trinajstić information content (AvgIpc) is 3.58. The fraction of sp³-hybridized carbons (Fsp3) is 0.781. The quantitative estimate of drug-likeness (QED) is 0.0718. The lowest BCUT2D eigenvalue weighted by molar-refractivity contribution is -0.0869. The van der Waals surface area contributed by atoms with Crippen LogP contribution in [0, 0.1) is 11.3 Å². The van der Waals surface area contributed by atoms with Crippen LogP contribution in [0.25, 0.3) is 5.52 Å². The van der Waals surface area contributed by atoms with Crippen LogP contribution in [0.2, 0.25) is 0 Å². The topological polar surface area (TPSA) is 185 Å². The van der Waals surface area contributed by atoms with Gasteiger partial charge < -0.3 is 25.6 Å². The molecule has 6 atom stereocenters. The number of hydrogen-bond donors (Lipinski definition) is 4. The van der Waals surface area contributed by atoms with E-state index in [1.165, 1.54) is 114 Å². The molecule has 0 saturated carbocycles. The van der Waals surface area contributed by atoms with Crippen LogP contribution in [-0.2, 0) is 24.0 Å². The lowest BCUT2D eigenvalue weighted by atomic mass is 9.92. The van der Waals surface area contributed by atoms with Crippen molar-refractivity contribution in [3.05, 3.63) is 24.2 Å². The Morgan fingerprint density at radius 3 is 2.24 bits per heavy atom. The molecule has 2 aromatic rings. The average molecular weight is 684 g/mol. The fourth-order valence-electron chi connectivity index (χ4n) is 5.89. The molecule has 0 bridgehead atoms. The Kier molecular flexibility index (Phi) is 16.8. The second kappa shape index (κ2) is 19.9. The van der Waals surface area contributed by atoms with Gasteiger partial charge in [-0.2, -0.15) is 22.1 Å². The number of nitrogens with zero attached hydrogens (tertiary/aromatic N) is 4. The van der Waals surface area contributed by atoms with Gasteiger partial charge in [-0.1, -0.05) is 90.4 Å². The van der Waals surface area contributed by atoms with Crippen molar-refractivity contribution in [3.8, 4) is 6.07 Å². The third kappa shape index (κ3) is 11.2. The molecule has 0 spiro atoms. The Hall–Kier alpha value is -1.75. The van der Waals surface area contributed by atoms with E-state index in [4.69, 9.17) is 19.5 Å². The zero-order valence-electron chi connectivity index (χ0n) is 27.5. The van der Waals surface area contributed by atoms with Crippen molar-refractivity contribution in [3.63, 3.8) is 0 Å². The van der Waals surface area contributed by atoms with Crippen LogP contribution in [-0.4, -0.2) is 72.2 Å². The zero-order valence-corrected chi connectivity index (χ0v) is 29.2. The van der Waals surface area contributed by atoms with Gasteiger partial charge >= 0.3 is 7.82 Å². The number of nitrogen functional groups attached to an aromatic ring is 1. The highest BCUT2D eigenvalue weighted by Crippen LogP contribution is 2.48. The molecule has 46 heavy (non-hydrogen) atoms. The molecule has 3 heterocycles. The number of aliphatic hydroxyl groups is 2. The van der Waals surface area contributed by atoms with Gasteiger partial charge in [0.15, 0.2) is 5.82 Å². The summed E-state index contributed by atoms with van der Waals surface area (Å²) in [4.78, 5) is 14.2. The number of anilines is 1. The highest BCUT2D eigenvalue weighted by molar-refractivity contribution is 7.99. The van der Waals surface area contributed by atoms with E-state index in [0.717, 1.165) is 11.5 Å². The van der Waals surface area contributed by atoms with Crippen molar-refractivity contribution in [2.75, 3.05) is 23.8 Å². The van der Waals surface area contributed by atoms with Crippen LogP contribution in [0.1, 0.15) is 116 Å². The number of ether oxygens (including phenoxy) is 1. The first-order chi connectivity index (χ1) is 22.2. The Morgan fingerprint density at radius 1 is 1.04 bits per heavy atom. The third-order valence-electron chi connectivity index (χ3n) is 8.52. The number of unbranched alkanes of at least 4 members (excludes halogenated alkanes) is 13. The van der Waals surface area contributed by atoms with Crippen molar-refractivity contribution < 1.29 is 33.5 Å². The third-order valence-corrected chi connectivity index (χ3v) is 10.8. The standard InChI is InChI=1S/C32H54N5O7PS/c1-3-4-5-6-7-8-9-10-11-12-13-14-15-16-21-46-22-17-20-42-45(40,41)44-25(2)29-28(38)30(39)32(23-33,43-29)27-19-18-26-31(34)35-24-36-37(26)27/h18-19,24-25,28-30,38-39H,3-17,20-22H2,1-2H3,(H,40,41)(H2,34,35,36)/t25-,28+,29+,30+,32-/m0/s1. The molecule has 1 unspecified atom stereocenters. The molecule has 0 aromatic carbocycles. The number of phosphoric acid groups is 1. The number of thioether (sulfide) groups is 1. The number of nitrogens with two attached hydrogens (primary N) is 1. The van der Waals surface area contributed by atoms with Gasteiger partial charge in [-0.3, -0.25) is 9.05 Å². The number of aromatic nitrogens is 3. The van der Waals surface area contributed by atoms with Gasteiger partial charge in [0.05, 0.1) is 18.4 Å². The molecule has 5 N–H and O–H groups in total. The van der Waals surface area contributed by atoms with E-state index in [1.54, 1.807) is 17.8 Å². The highest BCUT2D eigenvalue weighted by atomic mass is 32.2. The summed E-state index contributed by atoms with van der Waals surface area (Å²) in [5, 5.41) is 35.8. The van der Waals surface area contributed by atoms with Crippen molar-refractivity contribution in [2.45, 2.75) is 140 Å². The summed E-state index contributed by atoms with van der Waals surface area (Å²) in [6.45, 7) is 3.70. The first-order valence-corrected chi connectivity index (χ1v) is 19.6. The van der Waals surface area contributed by atoms with E-state index < -0.39 is 37.8 Å². The monoisotopic (exact) mass is 683 g/mol. The maximum Gasteiger partial charge on any atom is 0.472 e. The SMILES string of the molecule is CCCCCCCCCCCCCCCCSCCCOP(=O)(O)O[C@@H](C)[C@H]1O[C@@](C#N)(c2ccc3c(N)ncnn23)[C@H](O)[C@@H]1O. The Morgan fingerprint density at radius 2 is 1.63 bits per heavy atom. The molecule has 1 aliphatic rings. The molecule has 1 aliphatic heterocycles. The molecule has 2 aromatic heterocycles. The smallest absolute Gasteiger partial charge is 0.387 e. The van der Waals surface area contributed by atoms with E-state index in [0.29, 0.717) is 11.9 Å². The van der Waals surface area contributed by atoms with E-state index in [1.807, 2.05) is 6.07 Å². The second-order valence-electron chi connectivity index (χ2n) is 12.2. The van der Waals surface area contributed by atoms with Crippen molar-refractivity contribution in [1.82, 2.24) is 14.6 Å². The minimum Gasteiger partial charge on any atom is -0.387 e. The molecule has 14 heteroatoms. The second-order valence-corrected chi connectivity index (χ2v) is 14.8. The van der Waals surface area contributed by atoms with Gasteiger partial charge in [0.25, 0.3) is 0 Å². The first kappa shape index (κ1) is 38.7. The van der Waals surface area contributed by atoms with E-state index in [2.05, 4.69) is 17.0 Å². The molecule has 12 nitrogen and oxygen atoms in total. The Bertz CT molecular complexity index is 1260. The predicted octanol–water partition coefficient (Wildman–Crippen LogP) is 6.28. The zero-order chi connectivity index (χ0) is 33.4. The maximum absolute atomic E-state index is 12.6. The van der Waals surface area contributed by atoms with Gasteiger partial charge in [0, 0.05) is 0 Å². The highest BCUT2D eigenvalue weighted by Gasteiger charge is 2.59. The fourth-order valence-corrected chi connectivity index (χ4v) is 7.78. The van der Waals surface area contributed by atoms with Crippen LogP contribution in [0.3, 0.4) is 0 Å². The minimum absolute atomic E-state index is 0.0301. The summed E-state index contributed by atoms with van der Waals surface area (Å²) in [6, 6.07) is 4.99. The number of rotatable bonds is 24. The lowest BCUT2D eigenvalue weighted by Gasteiger charge is -2.26. The predicted molar refractivity (Wildman–Crippen MR) is 180 cm³/mol. The van der Waals surface area contributed by atoms with Gasteiger partial charge in [-0.25, -0.2) is 14.1 Å². The van der Waals surface area contributed by atoms with Gasteiger partial charge in [-0.05, 0) is 43.4 Å². The van der Waals surface area contributed by atoms with Crippen molar-refractivity contribution in [2.24, 2.45) is 0 Å². The molecule has 0 aliphatic carbocycles. The largest absolute Gasteiger partial charge is 0.472 e. The lowest BCUT2D eigenvalue weighted by Crippen LogP contribution is -2.41. The summed E-state index contributed by atoms with van der Waals surface area (Å²) in [5.41, 5.74) is 4.35.